The van der Waals surface area contributed by atoms with E-state index in [1.807, 2.05) is 0 Å². The van der Waals surface area contributed by atoms with E-state index in [0.717, 1.165) is 12.4 Å². The molecule has 0 bridgehead atoms. The highest BCUT2D eigenvalue weighted by molar-refractivity contribution is 5.89. The van der Waals surface area contributed by atoms with Gasteiger partial charge in [-0.15, -0.1) is 0 Å². The van der Waals surface area contributed by atoms with Gasteiger partial charge in [-0.3, -0.25) is 0 Å². The Balaban J connectivity index is 2.75. The Morgan fingerprint density at radius 2 is 2.10 bits per heavy atom. The molecule has 0 heterocycles. The molecule has 0 saturated carbocycles. The minimum Gasteiger partial charge on any atom is -0.459 e. The van der Waals surface area contributed by atoms with E-state index < -0.39 is 12.1 Å². The third kappa shape index (κ3) is 6.62. The molecule has 0 aliphatic carbocycles. The zero-order valence-electron chi connectivity index (χ0n) is 11.5. The summed E-state index contributed by atoms with van der Waals surface area (Å²) in [6.07, 6.45) is 0.910. The predicted molar refractivity (Wildman–Crippen MR) is 76.8 cm³/mol. The van der Waals surface area contributed by atoms with Gasteiger partial charge in [0, 0.05) is 6.20 Å². The Labute approximate surface area is 121 Å². The summed E-state index contributed by atoms with van der Waals surface area (Å²) in [5, 5.41) is 9.46. The van der Waals surface area contributed by atoms with Gasteiger partial charge in [-0.25, -0.2) is 18.8 Å². The van der Waals surface area contributed by atoms with Crippen LogP contribution in [0.25, 0.3) is 0 Å². The van der Waals surface area contributed by atoms with Gasteiger partial charge in [0.15, 0.2) is 5.83 Å². The number of hydrogen-bond acceptors (Lipinski definition) is 4. The minimum atomic E-state index is -1.00. The number of aliphatic imine (C=N–C) groups is 2. The second-order valence-corrected chi connectivity index (χ2v) is 4.03. The molecule has 0 radical (unpaired) electrons. The van der Waals surface area contributed by atoms with Crippen LogP contribution in [0.2, 0.25) is 0 Å². The number of allylic oxidation sites excluding steroid dienone is 1. The normalized spacial score (nSPS) is 14.5. The highest BCUT2D eigenvalue weighted by Crippen LogP contribution is 2.06. The zero-order chi connectivity index (χ0) is 15.7. The van der Waals surface area contributed by atoms with Gasteiger partial charge in [0.25, 0.3) is 0 Å². The van der Waals surface area contributed by atoms with Gasteiger partial charge in [-0.2, -0.15) is 0 Å². The molecule has 1 rings (SSSR count). The van der Waals surface area contributed by atoms with Crippen LogP contribution in [0.15, 0.2) is 46.3 Å². The van der Waals surface area contributed by atoms with Crippen molar-refractivity contribution in [3.63, 3.8) is 0 Å². The van der Waals surface area contributed by atoms with E-state index >= 15 is 0 Å². The van der Waals surface area contributed by atoms with Crippen molar-refractivity contribution in [2.45, 2.75) is 26.2 Å². The number of aliphatic hydroxyl groups excluding tert-OH is 1. The lowest BCUT2D eigenvalue weighted by Gasteiger charge is -2.07. The van der Waals surface area contributed by atoms with Crippen LogP contribution in [0.5, 0.6) is 0 Å². The lowest BCUT2D eigenvalue weighted by atomic mass is 10.2. The molecule has 1 aromatic carbocycles. The van der Waals surface area contributed by atoms with E-state index in [1.165, 1.54) is 24.3 Å². The van der Waals surface area contributed by atoms with Crippen molar-refractivity contribution in [3.05, 3.63) is 47.7 Å². The maximum Gasteiger partial charge on any atom is 0.314 e. The quantitative estimate of drug-likeness (QED) is 0.646. The molecule has 0 spiro atoms. The van der Waals surface area contributed by atoms with E-state index in [-0.39, 0.29) is 18.4 Å². The van der Waals surface area contributed by atoms with Crippen LogP contribution in [-0.2, 0) is 11.3 Å². The summed E-state index contributed by atoms with van der Waals surface area (Å²) >= 11 is 0. The van der Waals surface area contributed by atoms with Crippen LogP contribution in [0.4, 0.5) is 8.78 Å². The second kappa shape index (κ2) is 8.80. The molecule has 0 aliphatic heterocycles. The number of nitrogens with zero attached hydrogens (tertiary/aromatic N) is 2. The van der Waals surface area contributed by atoms with Gasteiger partial charge in [-0.1, -0.05) is 19.1 Å². The van der Waals surface area contributed by atoms with Gasteiger partial charge in [-0.05, 0) is 24.1 Å². The Kier molecular flexibility index (Phi) is 7.03. The third-order valence-electron chi connectivity index (χ3n) is 2.36. The number of amidine groups is 1. The van der Waals surface area contributed by atoms with Crippen molar-refractivity contribution in [2.75, 3.05) is 0 Å². The van der Waals surface area contributed by atoms with Gasteiger partial charge in [0.1, 0.15) is 18.7 Å². The molecule has 21 heavy (non-hydrogen) atoms. The molecule has 1 aromatic rings. The Morgan fingerprint density at radius 1 is 1.43 bits per heavy atom. The summed E-state index contributed by atoms with van der Waals surface area (Å²) in [6, 6.07) is 5.46. The number of rotatable bonds is 5. The summed E-state index contributed by atoms with van der Waals surface area (Å²) in [6.45, 7) is 1.77. The van der Waals surface area contributed by atoms with Crippen LogP contribution < -0.4 is 5.73 Å². The first-order valence-corrected chi connectivity index (χ1v) is 6.29. The summed E-state index contributed by atoms with van der Waals surface area (Å²) in [5.41, 5.74) is 5.65. The Bertz CT molecular complexity index is 528. The van der Waals surface area contributed by atoms with Crippen LogP contribution in [0, 0.1) is 5.82 Å². The van der Waals surface area contributed by atoms with Gasteiger partial charge in [0.05, 0.1) is 6.21 Å². The molecule has 0 amide bonds. The monoisotopic (exact) mass is 297 g/mol. The number of hydrogen-bond donors (Lipinski definition) is 2. The minimum absolute atomic E-state index is 0.0564. The number of nitrogens with two attached hydrogens (primary N) is 1. The lowest BCUT2D eigenvalue weighted by molar-refractivity contribution is 0.172. The number of aliphatic hydroxyl groups is 1. The fourth-order valence-corrected chi connectivity index (χ4v) is 1.22. The summed E-state index contributed by atoms with van der Waals surface area (Å²) in [5.74, 6) is -1.12. The number of ether oxygens (including phenoxy) is 1. The molecule has 0 aromatic heterocycles. The predicted octanol–water partition coefficient (Wildman–Crippen LogP) is 2.27. The van der Waals surface area contributed by atoms with Crippen molar-refractivity contribution in [1.82, 2.24) is 0 Å². The zero-order valence-corrected chi connectivity index (χ0v) is 11.5. The molecule has 0 aliphatic rings. The number of halogens is 2. The fraction of sp³-hybridized carbons (Fsp3) is 0.286. The van der Waals surface area contributed by atoms with Crippen molar-refractivity contribution in [2.24, 2.45) is 15.7 Å². The summed E-state index contributed by atoms with van der Waals surface area (Å²) in [7, 11) is 0. The topological polar surface area (TPSA) is 80.2 Å². The second-order valence-electron chi connectivity index (χ2n) is 4.03. The number of benzene rings is 1. The van der Waals surface area contributed by atoms with Gasteiger partial charge < -0.3 is 15.6 Å². The molecule has 1 unspecified atom stereocenters. The van der Waals surface area contributed by atoms with Crippen molar-refractivity contribution in [1.29, 1.82) is 0 Å². The molecule has 0 saturated heterocycles. The highest BCUT2D eigenvalue weighted by Gasteiger charge is 2.04. The van der Waals surface area contributed by atoms with Crippen LogP contribution in [-0.4, -0.2) is 23.6 Å². The highest BCUT2D eigenvalue weighted by atomic mass is 19.1. The largest absolute Gasteiger partial charge is 0.459 e. The standard InChI is InChI=1S/C14H17F2N3O2/c1-2-13(20)19-14(18-8-12(16)7-17)21-9-10-3-5-11(15)6-4-10/h3-8,13,20H,2,9,17H2,1H3/b12-7-,18-8-,19-14+. The molecular weight excluding hydrogens is 280 g/mol. The molecule has 1 atom stereocenters. The molecule has 0 fully saturated rings. The first kappa shape index (κ1) is 16.8. The summed E-state index contributed by atoms with van der Waals surface area (Å²) < 4.78 is 30.9. The molecule has 114 valence electrons. The SMILES string of the molecule is CCC(O)\N=C(/N=C\C(F)=C\N)OCc1ccc(F)cc1. The van der Waals surface area contributed by atoms with Crippen LogP contribution >= 0.6 is 0 Å². The first-order valence-electron chi connectivity index (χ1n) is 6.29. The lowest BCUT2D eigenvalue weighted by Crippen LogP contribution is -2.09. The smallest absolute Gasteiger partial charge is 0.314 e. The maximum absolute atomic E-state index is 12.9. The van der Waals surface area contributed by atoms with E-state index in [2.05, 4.69) is 9.98 Å². The molecule has 7 heteroatoms. The van der Waals surface area contributed by atoms with Crippen LogP contribution in [0.1, 0.15) is 18.9 Å². The Hall–Kier alpha value is -2.28. The van der Waals surface area contributed by atoms with Gasteiger partial charge in [0.2, 0.25) is 0 Å². The molecule has 5 nitrogen and oxygen atoms in total. The van der Waals surface area contributed by atoms with E-state index in [0.29, 0.717) is 12.0 Å². The summed E-state index contributed by atoms with van der Waals surface area (Å²) in [4.78, 5) is 7.44. The van der Waals surface area contributed by atoms with Crippen molar-refractivity contribution < 1.29 is 18.6 Å². The van der Waals surface area contributed by atoms with E-state index in [4.69, 9.17) is 10.5 Å². The van der Waals surface area contributed by atoms with Crippen molar-refractivity contribution >= 4 is 12.2 Å². The average molecular weight is 297 g/mol. The first-order chi connectivity index (χ1) is 10.0. The van der Waals surface area contributed by atoms with Crippen molar-refractivity contribution in [3.8, 4) is 0 Å². The molecular formula is C14H17F2N3O2. The Morgan fingerprint density at radius 3 is 2.67 bits per heavy atom. The van der Waals surface area contributed by atoms with Crippen LogP contribution in [0.3, 0.4) is 0 Å². The maximum atomic E-state index is 12.9. The average Bonchev–Trinajstić information content (AvgIpc) is 2.50. The third-order valence-corrected chi connectivity index (χ3v) is 2.36. The van der Waals surface area contributed by atoms with E-state index in [9.17, 15) is 13.9 Å². The molecule has 3 N–H and O–H groups in total. The fourth-order valence-electron chi connectivity index (χ4n) is 1.22. The van der Waals surface area contributed by atoms with Gasteiger partial charge >= 0.3 is 6.02 Å². The van der Waals surface area contributed by atoms with E-state index in [1.54, 1.807) is 6.92 Å².